The Morgan fingerprint density at radius 1 is 0.407 bits per heavy atom. The number of aliphatic hydroxyl groups excluding tert-OH is 11. The molecule has 0 aromatic heterocycles. The molecule has 3 aliphatic heterocycles. The van der Waals surface area contributed by atoms with Crippen molar-refractivity contribution in [2.45, 2.75) is 381 Å². The summed E-state index contributed by atoms with van der Waals surface area (Å²) in [7, 11) is 0. The number of nitrogens with one attached hydrogen (secondary N) is 1. The molecule has 1 amide bonds. The molecule has 0 spiro atoms. The molecular weight excluding hydrogens is 1110 g/mol. The number of ether oxygens (including phenoxy) is 6. The van der Waals surface area contributed by atoms with E-state index in [0.29, 0.717) is 6.42 Å². The van der Waals surface area contributed by atoms with E-state index >= 15 is 0 Å². The van der Waals surface area contributed by atoms with E-state index in [1.165, 1.54) is 205 Å². The summed E-state index contributed by atoms with van der Waals surface area (Å²) < 4.78 is 34.4. The Hall–Kier alpha value is -1.47. The topological polar surface area (TPSA) is 307 Å². The molecular formula is C67H127NO18. The Morgan fingerprint density at radius 3 is 1.09 bits per heavy atom. The molecule has 3 aliphatic rings. The summed E-state index contributed by atoms with van der Waals surface area (Å²) in [6, 6.07) is -0.968. The number of amides is 1. The Morgan fingerprint density at radius 2 is 0.721 bits per heavy atom. The minimum absolute atomic E-state index is 0.250. The summed E-state index contributed by atoms with van der Waals surface area (Å²) >= 11 is 0. The van der Waals surface area contributed by atoms with Crippen LogP contribution in [-0.4, -0.2) is 193 Å². The van der Waals surface area contributed by atoms with Crippen LogP contribution in [-0.2, 0) is 33.2 Å². The van der Waals surface area contributed by atoms with Crippen LogP contribution in [0.4, 0.5) is 0 Å². The first-order valence-corrected chi connectivity index (χ1v) is 34.9. The highest BCUT2D eigenvalue weighted by Gasteiger charge is 2.53. The molecule has 0 saturated carbocycles. The molecule has 0 radical (unpaired) electrons. The van der Waals surface area contributed by atoms with Crippen molar-refractivity contribution in [3.05, 3.63) is 12.2 Å². The zero-order valence-electron chi connectivity index (χ0n) is 53.6. The van der Waals surface area contributed by atoms with Gasteiger partial charge in [0, 0.05) is 6.42 Å². The third-order valence-electron chi connectivity index (χ3n) is 17.8. The van der Waals surface area contributed by atoms with Gasteiger partial charge < -0.3 is 89.9 Å². The second kappa shape index (κ2) is 50.1. The summed E-state index contributed by atoms with van der Waals surface area (Å²) in [5.41, 5.74) is 0. The predicted molar refractivity (Wildman–Crippen MR) is 333 cm³/mol. The summed E-state index contributed by atoms with van der Waals surface area (Å²) in [5.74, 6) is -0.269. The number of hydrogen-bond acceptors (Lipinski definition) is 18. The van der Waals surface area contributed by atoms with Gasteiger partial charge in [0.05, 0.1) is 38.6 Å². The third kappa shape index (κ3) is 32.2. The Kier molecular flexibility index (Phi) is 45.9. The van der Waals surface area contributed by atoms with E-state index in [1.54, 1.807) is 6.08 Å². The van der Waals surface area contributed by atoms with E-state index in [4.69, 9.17) is 28.4 Å². The second-order valence-corrected chi connectivity index (χ2v) is 25.4. The van der Waals surface area contributed by atoms with Gasteiger partial charge in [-0.25, -0.2) is 0 Å². The highest BCUT2D eigenvalue weighted by atomic mass is 16.8. The average molecular weight is 1230 g/mol. The molecule has 3 fully saturated rings. The fourth-order valence-electron chi connectivity index (χ4n) is 12.1. The maximum Gasteiger partial charge on any atom is 0.220 e. The fraction of sp³-hybridized carbons (Fsp3) is 0.955. The molecule has 12 N–H and O–H groups in total. The molecule has 19 heteroatoms. The lowest BCUT2D eigenvalue weighted by atomic mass is 9.96. The molecule has 3 saturated heterocycles. The molecule has 0 bridgehead atoms. The van der Waals surface area contributed by atoms with Crippen LogP contribution in [0.15, 0.2) is 12.2 Å². The normalized spacial score (nSPS) is 28.8. The van der Waals surface area contributed by atoms with Crippen LogP contribution < -0.4 is 5.32 Å². The molecule has 3 rings (SSSR count). The van der Waals surface area contributed by atoms with E-state index in [0.717, 1.165) is 44.9 Å². The van der Waals surface area contributed by atoms with Gasteiger partial charge in [0.15, 0.2) is 18.9 Å². The van der Waals surface area contributed by atoms with Crippen molar-refractivity contribution in [3.63, 3.8) is 0 Å². The van der Waals surface area contributed by atoms with Gasteiger partial charge in [-0.15, -0.1) is 0 Å². The average Bonchev–Trinajstić information content (AvgIpc) is 2.37. The van der Waals surface area contributed by atoms with E-state index in [9.17, 15) is 61.0 Å². The predicted octanol–water partition coefficient (Wildman–Crippen LogP) is 8.89. The van der Waals surface area contributed by atoms with Gasteiger partial charge >= 0.3 is 0 Å². The van der Waals surface area contributed by atoms with Gasteiger partial charge in [-0.1, -0.05) is 264 Å². The van der Waals surface area contributed by atoms with E-state index < -0.39 is 124 Å². The molecule has 17 unspecified atom stereocenters. The highest BCUT2D eigenvalue weighted by Crippen LogP contribution is 2.33. The summed E-state index contributed by atoms with van der Waals surface area (Å²) in [5, 5.41) is 121. The Bertz CT molecular complexity index is 1620. The van der Waals surface area contributed by atoms with Crippen molar-refractivity contribution < 1.29 is 89.4 Å². The Balaban J connectivity index is 1.45. The summed E-state index contributed by atoms with van der Waals surface area (Å²) in [4.78, 5) is 13.4. The summed E-state index contributed by atoms with van der Waals surface area (Å²) in [6.07, 6.45) is 27.5. The Labute approximate surface area is 518 Å². The maximum absolute atomic E-state index is 13.4. The van der Waals surface area contributed by atoms with Crippen LogP contribution in [0.3, 0.4) is 0 Å². The molecule has 0 aromatic rings. The largest absolute Gasteiger partial charge is 0.394 e. The molecule has 0 aromatic carbocycles. The van der Waals surface area contributed by atoms with Crippen molar-refractivity contribution in [1.82, 2.24) is 5.32 Å². The minimum atomic E-state index is -1.98. The van der Waals surface area contributed by atoms with Gasteiger partial charge in [0.25, 0.3) is 0 Å². The van der Waals surface area contributed by atoms with E-state index in [1.807, 2.05) is 6.08 Å². The molecule has 0 aliphatic carbocycles. The van der Waals surface area contributed by atoms with E-state index in [2.05, 4.69) is 19.2 Å². The van der Waals surface area contributed by atoms with Crippen LogP contribution in [0.25, 0.3) is 0 Å². The van der Waals surface area contributed by atoms with Gasteiger partial charge in [-0.05, 0) is 19.3 Å². The molecule has 19 nitrogen and oxygen atoms in total. The first kappa shape index (κ1) is 78.8. The third-order valence-corrected chi connectivity index (χ3v) is 17.8. The number of carbonyl (C=O) groups excluding carboxylic acids is 1. The SMILES string of the molecule is CCCCCCCCCCCCCCCCCCCCCC/C=C/C(O)C(COC1OC(CO)C(OC2OC(CO)C(OC3OC(CO)C(O)C(O)C3O)C(O)C2O)C(O)C1O)NC(=O)CCCCCCCCCCCCCCCCCCCCC. The van der Waals surface area contributed by atoms with Crippen LogP contribution in [0.5, 0.6) is 0 Å². The number of allylic oxidation sites excluding steroid dienone is 1. The molecule has 3 heterocycles. The molecule has 508 valence electrons. The minimum Gasteiger partial charge on any atom is -0.394 e. The number of rotatable bonds is 54. The maximum atomic E-state index is 13.4. The van der Waals surface area contributed by atoms with Crippen LogP contribution in [0.1, 0.15) is 277 Å². The molecule has 17 atom stereocenters. The van der Waals surface area contributed by atoms with Crippen molar-refractivity contribution in [2.24, 2.45) is 0 Å². The monoisotopic (exact) mass is 1230 g/mol. The molecule has 86 heavy (non-hydrogen) atoms. The zero-order valence-corrected chi connectivity index (χ0v) is 53.6. The number of carbonyl (C=O) groups is 1. The van der Waals surface area contributed by atoms with Crippen LogP contribution in [0, 0.1) is 0 Å². The zero-order chi connectivity index (χ0) is 62.6. The van der Waals surface area contributed by atoms with Crippen LogP contribution >= 0.6 is 0 Å². The number of unbranched alkanes of at least 4 members (excludes halogenated alkanes) is 38. The van der Waals surface area contributed by atoms with Crippen molar-refractivity contribution in [2.75, 3.05) is 26.4 Å². The fourth-order valence-corrected chi connectivity index (χ4v) is 12.1. The first-order valence-electron chi connectivity index (χ1n) is 34.9. The van der Waals surface area contributed by atoms with Crippen molar-refractivity contribution in [3.8, 4) is 0 Å². The van der Waals surface area contributed by atoms with Gasteiger partial charge in [-0.2, -0.15) is 0 Å². The quantitative estimate of drug-likeness (QED) is 0.0200. The smallest absolute Gasteiger partial charge is 0.220 e. The number of aliphatic hydroxyl groups is 11. The second-order valence-electron chi connectivity index (χ2n) is 25.4. The van der Waals surface area contributed by atoms with E-state index in [-0.39, 0.29) is 18.9 Å². The van der Waals surface area contributed by atoms with Gasteiger partial charge in [-0.3, -0.25) is 4.79 Å². The number of hydrogen-bond donors (Lipinski definition) is 12. The highest BCUT2D eigenvalue weighted by molar-refractivity contribution is 5.76. The summed E-state index contributed by atoms with van der Waals surface area (Å²) in [6.45, 7) is 1.77. The van der Waals surface area contributed by atoms with Crippen molar-refractivity contribution >= 4 is 5.91 Å². The van der Waals surface area contributed by atoms with Crippen LogP contribution in [0.2, 0.25) is 0 Å². The standard InChI is InChI=1S/C67H127NO18/c1-3-5-7-9-11-13-15-17-19-21-23-24-25-27-28-30-32-34-36-38-40-42-44-51(72)50(68-55(73)45-43-41-39-37-35-33-31-29-26-22-20-18-16-14-12-10-8-6-4-2)49-81-65-61(79)58(76)63(53(47-70)83-65)86-67-62(80)59(77)64(54(48-71)84-67)85-66-60(78)57(75)56(74)52(46-69)82-66/h42,44,50-54,56-67,69-72,74-80H,3-41,43,45-49H2,1-2H3,(H,68,73)/b44-42+. The first-order chi connectivity index (χ1) is 41.8. The lowest BCUT2D eigenvalue weighted by Gasteiger charge is -2.48. The lowest BCUT2D eigenvalue weighted by molar-refractivity contribution is -0.379. The lowest BCUT2D eigenvalue weighted by Crippen LogP contribution is -2.66. The van der Waals surface area contributed by atoms with Gasteiger partial charge in [0.1, 0.15) is 73.2 Å². The van der Waals surface area contributed by atoms with Gasteiger partial charge in [0.2, 0.25) is 5.91 Å². The van der Waals surface area contributed by atoms with Crippen molar-refractivity contribution in [1.29, 1.82) is 0 Å².